The zero-order valence-corrected chi connectivity index (χ0v) is 21.6. The van der Waals surface area contributed by atoms with Crippen LogP contribution in [0.4, 0.5) is 0 Å². The molecule has 0 unspecified atom stereocenters. The molecular formula is C26H33N3O7S. The van der Waals surface area contributed by atoms with Crippen molar-refractivity contribution in [3.8, 4) is 0 Å². The first-order chi connectivity index (χ1) is 17.5. The summed E-state index contributed by atoms with van der Waals surface area (Å²) >= 11 is 0. The van der Waals surface area contributed by atoms with Gasteiger partial charge in [-0.25, -0.2) is 13.2 Å². The van der Waals surface area contributed by atoms with Crippen molar-refractivity contribution in [3.63, 3.8) is 0 Å². The summed E-state index contributed by atoms with van der Waals surface area (Å²) in [5.74, 6) is -2.76. The minimum absolute atomic E-state index is 0.0606. The highest BCUT2D eigenvalue weighted by atomic mass is 32.2. The lowest BCUT2D eigenvalue weighted by Gasteiger charge is -2.34. The highest BCUT2D eigenvalue weighted by Gasteiger charge is 2.35. The molecule has 3 atom stereocenters. The fourth-order valence-corrected chi connectivity index (χ4v) is 5.43. The summed E-state index contributed by atoms with van der Waals surface area (Å²) in [6.45, 7) is 3.55. The van der Waals surface area contributed by atoms with Crippen molar-refractivity contribution < 1.29 is 33.0 Å². The number of rotatable bonds is 10. The number of sulfonamides is 1. The molecule has 2 amide bonds. The highest BCUT2D eigenvalue weighted by molar-refractivity contribution is 7.89. The van der Waals surface area contributed by atoms with E-state index in [1.54, 1.807) is 12.1 Å². The molecule has 2 aromatic carbocycles. The van der Waals surface area contributed by atoms with Gasteiger partial charge in [0.15, 0.2) is 6.04 Å². The van der Waals surface area contributed by atoms with E-state index in [0.29, 0.717) is 0 Å². The van der Waals surface area contributed by atoms with Gasteiger partial charge in [-0.1, -0.05) is 48.0 Å². The number of carbonyl (C=O) groups excluding carboxylic acids is 2. The van der Waals surface area contributed by atoms with Gasteiger partial charge < -0.3 is 20.4 Å². The van der Waals surface area contributed by atoms with Gasteiger partial charge in [-0.3, -0.25) is 9.59 Å². The summed E-state index contributed by atoms with van der Waals surface area (Å²) in [5.41, 5.74) is 1.70. The number of benzene rings is 2. The first-order valence-corrected chi connectivity index (χ1v) is 13.6. The number of piperidine rings is 1. The minimum Gasteiger partial charge on any atom is -0.480 e. The third kappa shape index (κ3) is 7.61. The number of carbonyl (C=O) groups is 3. The van der Waals surface area contributed by atoms with E-state index in [4.69, 9.17) is 0 Å². The topological polar surface area (TPSA) is 153 Å². The number of amides is 2. The van der Waals surface area contributed by atoms with Gasteiger partial charge in [-0.15, -0.1) is 0 Å². The lowest BCUT2D eigenvalue weighted by Crippen LogP contribution is -2.54. The lowest BCUT2D eigenvalue weighted by atomic mass is 9.94. The van der Waals surface area contributed by atoms with Crippen LogP contribution in [0.15, 0.2) is 59.5 Å². The Morgan fingerprint density at radius 3 is 2.16 bits per heavy atom. The van der Waals surface area contributed by atoms with Crippen LogP contribution in [-0.2, 0) is 30.8 Å². The number of carboxylic acid groups (broad SMARTS) is 1. The number of carboxylic acids is 1. The third-order valence-electron chi connectivity index (χ3n) is 6.43. The summed E-state index contributed by atoms with van der Waals surface area (Å²) in [5, 5.41) is 21.2. The van der Waals surface area contributed by atoms with Crippen molar-refractivity contribution in [2.75, 3.05) is 13.1 Å². The van der Waals surface area contributed by atoms with Gasteiger partial charge in [-0.2, -0.15) is 4.72 Å². The Morgan fingerprint density at radius 1 is 1.03 bits per heavy atom. The molecule has 1 aliphatic heterocycles. The van der Waals surface area contributed by atoms with E-state index in [2.05, 4.69) is 10.0 Å². The van der Waals surface area contributed by atoms with Crippen LogP contribution < -0.4 is 10.0 Å². The van der Waals surface area contributed by atoms with Crippen LogP contribution in [0.3, 0.4) is 0 Å². The van der Waals surface area contributed by atoms with Crippen LogP contribution in [-0.4, -0.2) is 72.6 Å². The number of hydrogen-bond acceptors (Lipinski definition) is 6. The van der Waals surface area contributed by atoms with E-state index < -0.39 is 51.9 Å². The molecule has 1 aliphatic rings. The molecule has 10 nitrogen and oxygen atoms in total. The average Bonchev–Trinajstić information content (AvgIpc) is 2.86. The molecule has 2 aromatic rings. The van der Waals surface area contributed by atoms with Crippen LogP contribution in [0.5, 0.6) is 0 Å². The SMILES string of the molecule is Cc1ccc(S(=O)(=O)N[C@@H](Cc2ccccc2)C(=O)N2CCC(C(=O)N[C@H](C(=O)O)[C@@H](C)O)CC2)cc1. The Labute approximate surface area is 216 Å². The number of aliphatic carboxylic acids is 1. The summed E-state index contributed by atoms with van der Waals surface area (Å²) in [4.78, 5) is 38.9. The lowest BCUT2D eigenvalue weighted by molar-refractivity contribution is -0.146. The Morgan fingerprint density at radius 2 is 1.62 bits per heavy atom. The van der Waals surface area contributed by atoms with Gasteiger partial charge in [0.25, 0.3) is 0 Å². The molecule has 1 fully saturated rings. The summed E-state index contributed by atoms with van der Waals surface area (Å²) in [6, 6.07) is 13.0. The Bertz CT molecular complexity index is 1190. The second-order valence-electron chi connectivity index (χ2n) is 9.34. The summed E-state index contributed by atoms with van der Waals surface area (Å²) < 4.78 is 28.7. The minimum atomic E-state index is -3.97. The van der Waals surface area contributed by atoms with Crippen LogP contribution in [0.1, 0.15) is 30.9 Å². The number of aliphatic hydroxyl groups excluding tert-OH is 1. The molecule has 11 heteroatoms. The average molecular weight is 532 g/mol. The van der Waals surface area contributed by atoms with Crippen LogP contribution in [0.25, 0.3) is 0 Å². The van der Waals surface area contributed by atoms with Crippen LogP contribution in [0, 0.1) is 12.8 Å². The molecule has 0 bridgehead atoms. The molecule has 4 N–H and O–H groups in total. The van der Waals surface area contributed by atoms with E-state index >= 15 is 0 Å². The van der Waals surface area contributed by atoms with Gasteiger partial charge in [0, 0.05) is 19.0 Å². The predicted molar refractivity (Wildman–Crippen MR) is 136 cm³/mol. The zero-order chi connectivity index (χ0) is 27.2. The van der Waals surface area contributed by atoms with Gasteiger partial charge in [0.1, 0.15) is 6.04 Å². The van der Waals surface area contributed by atoms with Gasteiger partial charge in [0.2, 0.25) is 21.8 Å². The van der Waals surface area contributed by atoms with Gasteiger partial charge in [0.05, 0.1) is 11.0 Å². The number of aryl methyl sites for hydroxylation is 1. The van der Waals surface area contributed by atoms with Crippen LogP contribution >= 0.6 is 0 Å². The van der Waals surface area contributed by atoms with Crippen molar-refractivity contribution in [3.05, 3.63) is 65.7 Å². The first-order valence-electron chi connectivity index (χ1n) is 12.1. The normalized spacial score (nSPS) is 17.0. The van der Waals surface area contributed by atoms with E-state index in [1.807, 2.05) is 37.3 Å². The molecule has 0 aliphatic carbocycles. The Balaban J connectivity index is 1.71. The van der Waals surface area contributed by atoms with E-state index in [-0.39, 0.29) is 37.2 Å². The largest absolute Gasteiger partial charge is 0.480 e. The molecule has 1 heterocycles. The summed E-state index contributed by atoms with van der Waals surface area (Å²) in [7, 11) is -3.97. The molecule has 0 aromatic heterocycles. The highest BCUT2D eigenvalue weighted by Crippen LogP contribution is 2.20. The maximum Gasteiger partial charge on any atom is 0.328 e. The Hall–Kier alpha value is -3.28. The van der Waals surface area contributed by atoms with Crippen molar-refractivity contribution >= 4 is 27.8 Å². The monoisotopic (exact) mass is 531 g/mol. The maximum absolute atomic E-state index is 13.5. The molecule has 0 radical (unpaired) electrons. The number of aliphatic hydroxyl groups is 1. The number of likely N-dealkylation sites (tertiary alicyclic amines) is 1. The molecule has 1 saturated heterocycles. The second kappa shape index (κ2) is 12.3. The maximum atomic E-state index is 13.5. The number of nitrogens with one attached hydrogen (secondary N) is 2. The quantitative estimate of drug-likeness (QED) is 0.358. The second-order valence-corrected chi connectivity index (χ2v) is 11.1. The molecule has 3 rings (SSSR count). The van der Waals surface area contributed by atoms with Crippen LogP contribution in [0.2, 0.25) is 0 Å². The van der Waals surface area contributed by atoms with E-state index in [1.165, 1.54) is 24.0 Å². The van der Waals surface area contributed by atoms with Gasteiger partial charge >= 0.3 is 5.97 Å². The fourth-order valence-electron chi connectivity index (χ4n) is 4.24. The van der Waals surface area contributed by atoms with Crippen molar-refractivity contribution in [2.24, 2.45) is 5.92 Å². The molecule has 37 heavy (non-hydrogen) atoms. The van der Waals surface area contributed by atoms with E-state index in [0.717, 1.165) is 11.1 Å². The molecule has 0 spiro atoms. The van der Waals surface area contributed by atoms with Crippen molar-refractivity contribution in [1.82, 2.24) is 14.9 Å². The molecular weight excluding hydrogens is 498 g/mol. The molecule has 0 saturated carbocycles. The fraction of sp³-hybridized carbons (Fsp3) is 0.423. The molecule has 200 valence electrons. The third-order valence-corrected chi connectivity index (χ3v) is 7.92. The predicted octanol–water partition coefficient (Wildman–Crippen LogP) is 1.07. The smallest absolute Gasteiger partial charge is 0.328 e. The first kappa shape index (κ1) is 28.3. The van der Waals surface area contributed by atoms with Crippen molar-refractivity contribution in [2.45, 2.75) is 56.2 Å². The summed E-state index contributed by atoms with van der Waals surface area (Å²) in [6.07, 6.45) is -0.540. The standard InChI is InChI=1S/C26H33N3O7S/c1-17-8-10-21(11-9-17)37(35,36)28-22(16-19-6-4-3-5-7-19)25(32)29-14-12-20(13-15-29)24(31)27-23(18(2)30)26(33)34/h3-11,18,20,22-23,28,30H,12-16H2,1-2H3,(H,27,31)(H,33,34)/t18-,22+,23+/m1/s1. The number of hydrogen-bond donors (Lipinski definition) is 4. The Kier molecular flexibility index (Phi) is 9.41. The van der Waals surface area contributed by atoms with E-state index in [9.17, 15) is 33.0 Å². The van der Waals surface area contributed by atoms with Gasteiger partial charge in [-0.05, 0) is 50.8 Å². The zero-order valence-electron chi connectivity index (χ0n) is 20.8. The number of nitrogens with zero attached hydrogens (tertiary/aromatic N) is 1. The van der Waals surface area contributed by atoms with Crippen molar-refractivity contribution in [1.29, 1.82) is 0 Å².